The Kier molecular flexibility index (Phi) is 4.69. The Morgan fingerprint density at radius 3 is 1.83 bits per heavy atom. The zero-order valence-corrected chi connectivity index (χ0v) is 16.7. The van der Waals surface area contributed by atoms with Gasteiger partial charge in [0.15, 0.2) is 0 Å². The van der Waals surface area contributed by atoms with Crippen LogP contribution in [0.4, 0.5) is 0 Å². The van der Waals surface area contributed by atoms with Crippen LogP contribution in [0.25, 0.3) is 0 Å². The quantitative estimate of drug-likeness (QED) is 0.609. The summed E-state index contributed by atoms with van der Waals surface area (Å²) < 4.78 is 12.0. The van der Waals surface area contributed by atoms with E-state index in [1.165, 1.54) is 5.47 Å². The monoisotopic (exact) mass is 340 g/mol. The molecule has 1 atom stereocenters. The van der Waals surface area contributed by atoms with Gasteiger partial charge in [-0.2, -0.15) is 0 Å². The molecule has 0 amide bonds. The van der Waals surface area contributed by atoms with E-state index in [0.717, 1.165) is 28.1 Å². The van der Waals surface area contributed by atoms with Gasteiger partial charge >= 0.3 is 7.12 Å². The maximum Gasteiger partial charge on any atom is 0.632 e. The van der Waals surface area contributed by atoms with Gasteiger partial charge in [0.2, 0.25) is 0 Å². The molecule has 0 fully saturated rings. The third kappa shape index (κ3) is 2.65. The maximum absolute atomic E-state index is 6.01. The molecule has 3 rings (SSSR count). The molecule has 0 saturated carbocycles. The second-order valence-electron chi connectivity index (χ2n) is 8.03. The van der Waals surface area contributed by atoms with E-state index < -0.39 is 8.07 Å². The molecular weight excluding hydrogens is 311 g/mol. The Hall–Kier alpha value is -1.42. The highest BCUT2D eigenvalue weighted by atomic mass is 28.3. The summed E-state index contributed by atoms with van der Waals surface area (Å²) in [6, 6.07) is 7.92. The number of benzene rings is 1. The van der Waals surface area contributed by atoms with Crippen LogP contribution < -0.4 is 9.31 Å². The minimum absolute atomic E-state index is 0.290. The lowest BCUT2D eigenvalue weighted by molar-refractivity contribution is 0.513. The molecule has 1 aliphatic carbocycles. The number of hydrogen-bond acceptors (Lipinski definition) is 2. The van der Waals surface area contributed by atoms with Gasteiger partial charge in [0.1, 0.15) is 11.5 Å². The van der Waals surface area contributed by atoms with Crippen LogP contribution >= 0.6 is 0 Å². The highest BCUT2D eigenvalue weighted by Crippen LogP contribution is 2.52. The molecule has 0 radical (unpaired) electrons. The Morgan fingerprint density at radius 2 is 1.38 bits per heavy atom. The van der Waals surface area contributed by atoms with Gasteiger partial charge in [-0.3, -0.25) is 0 Å². The SMILES string of the molecule is CC(C)[Si](C(C)C)(C(C)C)C1C=CC(B2Oc3ccccc3O2)=C1. The van der Waals surface area contributed by atoms with Gasteiger partial charge in [0.25, 0.3) is 0 Å². The van der Waals surface area contributed by atoms with Crippen molar-refractivity contribution in [1.82, 2.24) is 0 Å². The third-order valence-corrected chi connectivity index (χ3v) is 13.5. The van der Waals surface area contributed by atoms with Gasteiger partial charge < -0.3 is 9.31 Å². The smallest absolute Gasteiger partial charge is 0.519 e. The summed E-state index contributed by atoms with van der Waals surface area (Å²) in [4.78, 5) is 0. The zero-order chi connectivity index (χ0) is 17.5. The van der Waals surface area contributed by atoms with Crippen molar-refractivity contribution in [3.63, 3.8) is 0 Å². The minimum Gasteiger partial charge on any atom is -0.519 e. The highest BCUT2D eigenvalue weighted by Gasteiger charge is 2.49. The minimum atomic E-state index is -1.54. The summed E-state index contributed by atoms with van der Waals surface area (Å²) in [5.41, 5.74) is 3.96. The van der Waals surface area contributed by atoms with Crippen LogP contribution in [0.3, 0.4) is 0 Å². The second kappa shape index (κ2) is 6.47. The summed E-state index contributed by atoms with van der Waals surface area (Å²) in [7, 11) is -1.83. The fraction of sp³-hybridized carbons (Fsp3) is 0.500. The van der Waals surface area contributed by atoms with Gasteiger partial charge in [-0.05, 0) is 34.3 Å². The molecule has 1 aromatic rings. The molecule has 1 heterocycles. The summed E-state index contributed by atoms with van der Waals surface area (Å²) in [6.07, 6.45) is 7.08. The summed E-state index contributed by atoms with van der Waals surface area (Å²) in [6.45, 7) is 14.5. The van der Waals surface area contributed by atoms with E-state index in [-0.39, 0.29) is 7.12 Å². The molecule has 1 unspecified atom stereocenters. The zero-order valence-electron chi connectivity index (χ0n) is 15.7. The van der Waals surface area contributed by atoms with Crippen LogP contribution in [0.15, 0.2) is 48.0 Å². The predicted molar refractivity (Wildman–Crippen MR) is 105 cm³/mol. The normalized spacial score (nSPS) is 19.8. The standard InChI is InChI=1S/C20H29BO2Si/c1-14(2)24(15(3)4,16(5)6)18-12-11-17(13-18)21-22-19-9-7-8-10-20(19)23-21/h7-16,18H,1-6H3. The molecule has 1 aliphatic heterocycles. The van der Waals surface area contributed by atoms with Crippen LogP contribution in [0, 0.1) is 0 Å². The number of allylic oxidation sites excluding steroid dienone is 4. The molecule has 0 bridgehead atoms. The lowest BCUT2D eigenvalue weighted by Crippen LogP contribution is -2.47. The first-order valence-corrected chi connectivity index (χ1v) is 11.5. The molecule has 24 heavy (non-hydrogen) atoms. The first kappa shape index (κ1) is 17.4. The van der Waals surface area contributed by atoms with Crippen molar-refractivity contribution >= 4 is 15.2 Å². The first-order chi connectivity index (χ1) is 11.4. The number of fused-ring (bicyclic) bond motifs is 1. The van der Waals surface area contributed by atoms with Crippen LogP contribution in [0.5, 0.6) is 11.5 Å². The van der Waals surface area contributed by atoms with Crippen molar-refractivity contribution in [3.05, 3.63) is 48.0 Å². The molecule has 0 saturated heterocycles. The van der Waals surface area contributed by atoms with E-state index in [2.05, 4.69) is 59.8 Å². The number of rotatable bonds is 5. The predicted octanol–water partition coefficient (Wildman–Crippen LogP) is 6.03. The van der Waals surface area contributed by atoms with Crippen molar-refractivity contribution in [3.8, 4) is 11.5 Å². The van der Waals surface area contributed by atoms with E-state index in [0.29, 0.717) is 5.54 Å². The van der Waals surface area contributed by atoms with Crippen molar-refractivity contribution in [2.75, 3.05) is 0 Å². The molecule has 0 aromatic heterocycles. The summed E-state index contributed by atoms with van der Waals surface area (Å²) in [5.74, 6) is 1.70. The Balaban J connectivity index is 1.87. The Labute approximate surface area is 148 Å². The van der Waals surface area contributed by atoms with E-state index in [1.54, 1.807) is 0 Å². The van der Waals surface area contributed by atoms with E-state index in [4.69, 9.17) is 9.31 Å². The fourth-order valence-corrected chi connectivity index (χ4v) is 12.4. The topological polar surface area (TPSA) is 18.5 Å². The van der Waals surface area contributed by atoms with Crippen molar-refractivity contribution in [2.45, 2.75) is 63.7 Å². The molecule has 128 valence electrons. The second-order valence-corrected chi connectivity index (χ2v) is 14.2. The van der Waals surface area contributed by atoms with Crippen LogP contribution in [0.1, 0.15) is 41.5 Å². The average molecular weight is 340 g/mol. The summed E-state index contributed by atoms with van der Waals surface area (Å²) in [5, 5.41) is 0. The Morgan fingerprint density at radius 1 is 0.875 bits per heavy atom. The molecule has 4 heteroatoms. The number of hydrogen-bond donors (Lipinski definition) is 0. The highest BCUT2D eigenvalue weighted by molar-refractivity contribution is 6.85. The van der Waals surface area contributed by atoms with E-state index in [1.807, 2.05) is 24.3 Å². The fourth-order valence-electron chi connectivity index (χ4n) is 5.19. The van der Waals surface area contributed by atoms with Gasteiger partial charge in [-0.1, -0.05) is 71.9 Å². The average Bonchev–Trinajstić information content (AvgIpc) is 3.12. The first-order valence-electron chi connectivity index (χ1n) is 9.19. The molecule has 2 aliphatic rings. The molecule has 0 N–H and O–H groups in total. The Bertz CT molecular complexity index is 617. The van der Waals surface area contributed by atoms with Crippen LogP contribution in [-0.2, 0) is 0 Å². The van der Waals surface area contributed by atoms with Gasteiger partial charge in [0, 0.05) is 5.47 Å². The van der Waals surface area contributed by atoms with Gasteiger partial charge in [0.05, 0.1) is 8.07 Å². The molecule has 0 spiro atoms. The van der Waals surface area contributed by atoms with Crippen molar-refractivity contribution in [2.24, 2.45) is 0 Å². The van der Waals surface area contributed by atoms with Crippen LogP contribution in [0.2, 0.25) is 22.2 Å². The van der Waals surface area contributed by atoms with Gasteiger partial charge in [-0.25, -0.2) is 0 Å². The maximum atomic E-state index is 6.01. The lowest BCUT2D eigenvalue weighted by Gasteiger charge is -2.46. The molecule has 1 aromatic carbocycles. The third-order valence-electron chi connectivity index (χ3n) is 6.03. The van der Waals surface area contributed by atoms with E-state index in [9.17, 15) is 0 Å². The van der Waals surface area contributed by atoms with Crippen LogP contribution in [-0.4, -0.2) is 15.2 Å². The van der Waals surface area contributed by atoms with Crippen molar-refractivity contribution < 1.29 is 9.31 Å². The van der Waals surface area contributed by atoms with Gasteiger partial charge in [-0.15, -0.1) is 0 Å². The lowest BCUT2D eigenvalue weighted by atomic mass is 9.79. The largest absolute Gasteiger partial charge is 0.632 e. The van der Waals surface area contributed by atoms with Crippen molar-refractivity contribution in [1.29, 1.82) is 0 Å². The molecule has 2 nitrogen and oxygen atoms in total. The van der Waals surface area contributed by atoms with E-state index >= 15 is 0 Å². The number of para-hydroxylation sites is 2. The summed E-state index contributed by atoms with van der Waals surface area (Å²) >= 11 is 0. The molecular formula is C20H29BO2Si.